The van der Waals surface area contributed by atoms with Crippen LogP contribution in [0.4, 0.5) is 0 Å². The summed E-state index contributed by atoms with van der Waals surface area (Å²) >= 11 is 1.77. The Hall–Kier alpha value is -1.95. The van der Waals surface area contributed by atoms with Crippen LogP contribution >= 0.6 is 11.3 Å². The Labute approximate surface area is 195 Å². The molecule has 0 saturated carbocycles. The fourth-order valence-corrected chi connectivity index (χ4v) is 7.09. The summed E-state index contributed by atoms with van der Waals surface area (Å²) in [5.74, 6) is 0.940. The van der Waals surface area contributed by atoms with Crippen molar-refractivity contribution in [2.24, 2.45) is 0 Å². The third-order valence-electron chi connectivity index (χ3n) is 7.75. The van der Waals surface area contributed by atoms with E-state index >= 15 is 0 Å². The number of benzene rings is 1. The monoisotopic (exact) mass is 450 g/mol. The summed E-state index contributed by atoms with van der Waals surface area (Å²) in [5, 5.41) is 2.12. The molecule has 0 aliphatic carbocycles. The minimum atomic E-state index is -0.0507. The van der Waals surface area contributed by atoms with Crippen molar-refractivity contribution in [3.05, 3.63) is 58.3 Å². The van der Waals surface area contributed by atoms with E-state index < -0.39 is 0 Å². The molecule has 4 unspecified atom stereocenters. The first-order valence-corrected chi connectivity index (χ1v) is 13.0. The number of hydrogen-bond donors (Lipinski definition) is 0. The summed E-state index contributed by atoms with van der Waals surface area (Å²) in [6.45, 7) is 1.98. The van der Waals surface area contributed by atoms with E-state index in [0.717, 1.165) is 37.2 Å². The molecule has 2 saturated heterocycles. The lowest BCUT2D eigenvalue weighted by Crippen LogP contribution is -2.56. The molecule has 4 atom stereocenters. The van der Waals surface area contributed by atoms with Crippen molar-refractivity contribution in [3.63, 3.8) is 0 Å². The molecule has 3 aliphatic rings. The average molecular weight is 451 g/mol. The van der Waals surface area contributed by atoms with Crippen LogP contribution in [0.5, 0.6) is 5.75 Å². The molecule has 32 heavy (non-hydrogen) atoms. The zero-order valence-corrected chi connectivity index (χ0v) is 19.8. The van der Waals surface area contributed by atoms with E-state index in [9.17, 15) is 4.79 Å². The van der Waals surface area contributed by atoms with E-state index in [4.69, 9.17) is 4.74 Å². The zero-order chi connectivity index (χ0) is 21.9. The topological polar surface area (TPSA) is 32.8 Å². The predicted molar refractivity (Wildman–Crippen MR) is 131 cm³/mol. The molecule has 0 amide bonds. The van der Waals surface area contributed by atoms with Gasteiger partial charge in [-0.3, -0.25) is 9.80 Å². The molecule has 1 aromatic heterocycles. The van der Waals surface area contributed by atoms with Crippen molar-refractivity contribution >= 4 is 23.2 Å². The molecular weight excluding hydrogens is 416 g/mol. The van der Waals surface area contributed by atoms with Crippen molar-refractivity contribution in [2.75, 3.05) is 20.2 Å². The smallest absolute Gasteiger partial charge is 0.137 e. The van der Waals surface area contributed by atoms with Crippen LogP contribution in [0.15, 0.2) is 47.9 Å². The molecule has 0 N–H and O–H groups in total. The van der Waals surface area contributed by atoms with Gasteiger partial charge < -0.3 is 9.53 Å². The number of nitrogens with zero attached hydrogens (tertiary/aromatic N) is 2. The number of carbonyl (C=O) groups excluding carboxylic acids is 1. The van der Waals surface area contributed by atoms with Crippen molar-refractivity contribution in [2.45, 2.75) is 69.1 Å². The average Bonchev–Trinajstić information content (AvgIpc) is 3.42. The van der Waals surface area contributed by atoms with E-state index in [1.807, 2.05) is 6.07 Å². The summed E-state index contributed by atoms with van der Waals surface area (Å²) in [6, 6.07) is 13.8. The number of ether oxygens (including phenoxy) is 1. The van der Waals surface area contributed by atoms with Crippen molar-refractivity contribution in [1.82, 2.24) is 9.80 Å². The Balaban J connectivity index is 1.40. The van der Waals surface area contributed by atoms with Gasteiger partial charge in [0, 0.05) is 31.1 Å². The van der Waals surface area contributed by atoms with Crippen LogP contribution in [-0.4, -0.2) is 54.5 Å². The molecule has 2 aromatic rings. The van der Waals surface area contributed by atoms with Gasteiger partial charge in [-0.05, 0) is 61.1 Å². The molecule has 2 fully saturated rings. The molecule has 2 bridgehead atoms. The van der Waals surface area contributed by atoms with Crippen LogP contribution in [0.1, 0.15) is 61.3 Å². The van der Waals surface area contributed by atoms with Crippen molar-refractivity contribution < 1.29 is 9.53 Å². The maximum absolute atomic E-state index is 12.2. The standard InChI is InChI=1S/C27H34N2O2S/c1-31-25-14-17-32-27(25)21-12-15-28(16-13-21)26(29-23-8-5-9-24(29)11-10-23)18-22(19-30)20-6-3-2-4-7-20/h2-4,6-7,12,14,17,19,22-24,26H,5,8-11,13,15-16,18H2,1H3. The van der Waals surface area contributed by atoms with Crippen molar-refractivity contribution in [3.8, 4) is 5.75 Å². The molecule has 0 radical (unpaired) electrons. The molecule has 0 spiro atoms. The summed E-state index contributed by atoms with van der Waals surface area (Å²) < 4.78 is 5.57. The molecule has 3 aliphatic heterocycles. The van der Waals surface area contributed by atoms with Gasteiger partial charge in [-0.2, -0.15) is 0 Å². The van der Waals surface area contributed by atoms with E-state index in [1.54, 1.807) is 18.4 Å². The lowest BCUT2D eigenvalue weighted by molar-refractivity contribution is -0.110. The van der Waals surface area contributed by atoms with Crippen molar-refractivity contribution in [1.29, 1.82) is 0 Å². The highest BCUT2D eigenvalue weighted by atomic mass is 32.1. The molecule has 1 aromatic carbocycles. The van der Waals surface area contributed by atoms with Crippen LogP contribution in [0.2, 0.25) is 0 Å². The highest BCUT2D eigenvalue weighted by Crippen LogP contribution is 2.41. The number of methoxy groups -OCH3 is 1. The maximum atomic E-state index is 12.2. The van der Waals surface area contributed by atoms with Gasteiger partial charge in [-0.25, -0.2) is 0 Å². The number of fused-ring (bicyclic) bond motifs is 2. The van der Waals surface area contributed by atoms with E-state index in [0.29, 0.717) is 18.2 Å². The van der Waals surface area contributed by atoms with Gasteiger partial charge in [-0.1, -0.05) is 42.8 Å². The Bertz CT molecular complexity index is 924. The zero-order valence-electron chi connectivity index (χ0n) is 19.0. The Morgan fingerprint density at radius 1 is 1.12 bits per heavy atom. The lowest BCUT2D eigenvalue weighted by Gasteiger charge is -2.47. The summed E-state index contributed by atoms with van der Waals surface area (Å²) in [5.41, 5.74) is 2.55. The van der Waals surface area contributed by atoms with Crippen LogP contribution in [0, 0.1) is 0 Å². The molecule has 4 heterocycles. The number of carbonyl (C=O) groups is 1. The molecule has 5 rings (SSSR count). The number of piperidine rings is 1. The first-order valence-electron chi connectivity index (χ1n) is 12.1. The second kappa shape index (κ2) is 9.90. The summed E-state index contributed by atoms with van der Waals surface area (Å²) in [4.78, 5) is 18.9. The number of aldehydes is 1. The van der Waals surface area contributed by atoms with Crippen LogP contribution in [-0.2, 0) is 4.79 Å². The van der Waals surface area contributed by atoms with Crippen LogP contribution in [0.3, 0.4) is 0 Å². The van der Waals surface area contributed by atoms with Crippen LogP contribution in [0.25, 0.3) is 5.57 Å². The number of thiophene rings is 1. The minimum Gasteiger partial charge on any atom is -0.495 e. The fraction of sp³-hybridized carbons (Fsp3) is 0.519. The highest BCUT2D eigenvalue weighted by molar-refractivity contribution is 7.11. The third-order valence-corrected chi connectivity index (χ3v) is 8.73. The van der Waals surface area contributed by atoms with Gasteiger partial charge in [0.2, 0.25) is 0 Å². The number of hydrogen-bond acceptors (Lipinski definition) is 5. The Morgan fingerprint density at radius 3 is 2.56 bits per heavy atom. The third kappa shape index (κ3) is 4.30. The van der Waals surface area contributed by atoms with E-state index in [1.165, 1.54) is 48.8 Å². The van der Waals surface area contributed by atoms with Gasteiger partial charge in [0.1, 0.15) is 12.0 Å². The molecular formula is C27H34N2O2S. The largest absolute Gasteiger partial charge is 0.495 e. The van der Waals surface area contributed by atoms with Gasteiger partial charge in [0.25, 0.3) is 0 Å². The lowest BCUT2D eigenvalue weighted by atomic mass is 9.92. The van der Waals surface area contributed by atoms with Gasteiger partial charge in [0.15, 0.2) is 0 Å². The van der Waals surface area contributed by atoms with Gasteiger partial charge in [-0.15, -0.1) is 11.3 Å². The molecule has 170 valence electrons. The van der Waals surface area contributed by atoms with E-state index in [-0.39, 0.29) is 5.92 Å². The second-order valence-corrected chi connectivity index (χ2v) is 10.3. The predicted octanol–water partition coefficient (Wildman–Crippen LogP) is 5.56. The first-order chi connectivity index (χ1) is 15.8. The molecule has 4 nitrogen and oxygen atoms in total. The maximum Gasteiger partial charge on any atom is 0.137 e. The first kappa shape index (κ1) is 21.9. The normalized spacial score (nSPS) is 25.8. The summed E-state index contributed by atoms with van der Waals surface area (Å²) in [7, 11) is 1.76. The number of rotatable bonds is 8. The Kier molecular flexibility index (Phi) is 6.77. The highest BCUT2D eigenvalue weighted by Gasteiger charge is 2.43. The molecule has 5 heteroatoms. The van der Waals surface area contributed by atoms with Gasteiger partial charge in [0.05, 0.1) is 18.2 Å². The van der Waals surface area contributed by atoms with E-state index in [2.05, 4.69) is 51.6 Å². The minimum absolute atomic E-state index is 0.0507. The quantitative estimate of drug-likeness (QED) is 0.493. The Morgan fingerprint density at radius 2 is 1.91 bits per heavy atom. The summed E-state index contributed by atoms with van der Waals surface area (Å²) in [6.07, 6.45) is 12.4. The second-order valence-electron chi connectivity index (χ2n) is 9.43. The van der Waals surface area contributed by atoms with Crippen LogP contribution < -0.4 is 4.74 Å². The SMILES string of the molecule is COc1ccsc1C1=CCN(C(CC(C=O)c2ccccc2)N2C3CCCC2CC3)CC1. The van der Waals surface area contributed by atoms with Gasteiger partial charge >= 0.3 is 0 Å². The fourth-order valence-electron chi connectivity index (χ4n) is 6.15.